The molecule has 0 saturated carbocycles. The number of hydrogen-bond acceptors (Lipinski definition) is 7. The maximum atomic E-state index is 5.24. The van der Waals surface area contributed by atoms with E-state index >= 15 is 0 Å². The number of thioether (sulfide) groups is 1. The van der Waals surface area contributed by atoms with Gasteiger partial charge in [0.15, 0.2) is 0 Å². The van der Waals surface area contributed by atoms with Gasteiger partial charge in [-0.15, -0.1) is 12.4 Å². The molecule has 1 atom stereocenters. The van der Waals surface area contributed by atoms with Crippen molar-refractivity contribution in [3.63, 3.8) is 0 Å². The van der Waals surface area contributed by atoms with E-state index in [1.165, 1.54) is 5.75 Å². The third-order valence-electron chi connectivity index (χ3n) is 2.68. The Kier molecular flexibility index (Phi) is 5.12. The summed E-state index contributed by atoms with van der Waals surface area (Å²) in [4.78, 5) is 12.5. The molecule has 8 heteroatoms. The van der Waals surface area contributed by atoms with Crippen LogP contribution in [0.5, 0.6) is 0 Å². The molecule has 2 aromatic heterocycles. The Morgan fingerprint density at radius 1 is 1.42 bits per heavy atom. The SMILES string of the molecule is Cl.c1cnc(-c2noc(CC3CSCCN3)n2)cn1. The van der Waals surface area contributed by atoms with Gasteiger partial charge in [-0.05, 0) is 0 Å². The molecule has 3 rings (SSSR count). The number of nitrogens with zero attached hydrogens (tertiary/aromatic N) is 4. The van der Waals surface area contributed by atoms with E-state index in [2.05, 4.69) is 25.4 Å². The normalized spacial score (nSPS) is 18.8. The third-order valence-corrected chi connectivity index (χ3v) is 3.81. The monoisotopic (exact) mass is 299 g/mol. The van der Waals surface area contributed by atoms with Crippen molar-refractivity contribution >= 4 is 24.2 Å². The van der Waals surface area contributed by atoms with E-state index in [0.29, 0.717) is 23.5 Å². The number of hydrogen-bond donors (Lipinski definition) is 1. The molecular weight excluding hydrogens is 286 g/mol. The van der Waals surface area contributed by atoms with Crippen molar-refractivity contribution < 1.29 is 4.52 Å². The quantitative estimate of drug-likeness (QED) is 0.912. The van der Waals surface area contributed by atoms with Crippen molar-refractivity contribution in [3.8, 4) is 11.5 Å². The molecule has 1 fully saturated rings. The molecule has 2 aromatic rings. The zero-order valence-electron chi connectivity index (χ0n) is 10.2. The van der Waals surface area contributed by atoms with Gasteiger partial charge in [-0.1, -0.05) is 5.16 Å². The summed E-state index contributed by atoms with van der Waals surface area (Å²) in [5.41, 5.74) is 0.637. The van der Waals surface area contributed by atoms with Crippen molar-refractivity contribution in [2.24, 2.45) is 0 Å². The van der Waals surface area contributed by atoms with Gasteiger partial charge in [0.05, 0.1) is 6.20 Å². The summed E-state index contributed by atoms with van der Waals surface area (Å²) in [6.45, 7) is 1.04. The highest BCUT2D eigenvalue weighted by molar-refractivity contribution is 7.99. The average Bonchev–Trinajstić information content (AvgIpc) is 2.89. The number of halogens is 1. The molecule has 0 amide bonds. The van der Waals surface area contributed by atoms with Crippen LogP contribution in [0.4, 0.5) is 0 Å². The lowest BCUT2D eigenvalue weighted by Crippen LogP contribution is -2.38. The first-order valence-electron chi connectivity index (χ1n) is 5.82. The fourth-order valence-corrected chi connectivity index (χ4v) is 2.77. The summed E-state index contributed by atoms with van der Waals surface area (Å²) in [5.74, 6) is 3.41. The van der Waals surface area contributed by atoms with Crippen molar-refractivity contribution in [3.05, 3.63) is 24.5 Å². The van der Waals surface area contributed by atoms with E-state index in [4.69, 9.17) is 4.52 Å². The summed E-state index contributed by atoms with van der Waals surface area (Å²) in [6, 6.07) is 0.416. The van der Waals surface area contributed by atoms with E-state index in [9.17, 15) is 0 Å². The van der Waals surface area contributed by atoms with E-state index in [1.807, 2.05) is 11.8 Å². The molecular formula is C11H14ClN5OS. The van der Waals surface area contributed by atoms with E-state index in [0.717, 1.165) is 18.7 Å². The minimum absolute atomic E-state index is 0. The molecule has 0 radical (unpaired) electrons. The summed E-state index contributed by atoms with van der Waals surface area (Å²) < 4.78 is 5.24. The second-order valence-corrected chi connectivity index (χ2v) is 5.18. The van der Waals surface area contributed by atoms with Crippen LogP contribution in [0.25, 0.3) is 11.5 Å². The Balaban J connectivity index is 0.00000133. The van der Waals surface area contributed by atoms with Gasteiger partial charge in [0, 0.05) is 42.9 Å². The molecule has 102 valence electrons. The van der Waals surface area contributed by atoms with Crippen LogP contribution in [0.3, 0.4) is 0 Å². The van der Waals surface area contributed by atoms with Crippen LogP contribution in [0, 0.1) is 0 Å². The lowest BCUT2D eigenvalue weighted by molar-refractivity contribution is 0.363. The van der Waals surface area contributed by atoms with Crippen LogP contribution in [0.1, 0.15) is 5.89 Å². The van der Waals surface area contributed by atoms with Gasteiger partial charge in [0.25, 0.3) is 0 Å². The first-order valence-corrected chi connectivity index (χ1v) is 6.97. The summed E-state index contributed by atoms with van der Waals surface area (Å²) >= 11 is 1.95. The van der Waals surface area contributed by atoms with E-state index in [-0.39, 0.29) is 12.4 Å². The maximum absolute atomic E-state index is 5.24. The maximum Gasteiger partial charge on any atom is 0.228 e. The fourth-order valence-electron chi connectivity index (χ4n) is 1.82. The summed E-state index contributed by atoms with van der Waals surface area (Å²) in [7, 11) is 0. The first-order chi connectivity index (χ1) is 8.92. The van der Waals surface area contributed by atoms with Crippen LogP contribution in [0.2, 0.25) is 0 Å². The van der Waals surface area contributed by atoms with Crippen LogP contribution in [-0.2, 0) is 6.42 Å². The highest BCUT2D eigenvalue weighted by atomic mass is 35.5. The minimum atomic E-state index is 0. The van der Waals surface area contributed by atoms with Gasteiger partial charge >= 0.3 is 0 Å². The Hall–Kier alpha value is -1.18. The molecule has 19 heavy (non-hydrogen) atoms. The van der Waals surface area contributed by atoms with Crippen LogP contribution < -0.4 is 5.32 Å². The first kappa shape index (κ1) is 14.2. The molecule has 1 unspecified atom stereocenters. The van der Waals surface area contributed by atoms with Crippen LogP contribution in [0.15, 0.2) is 23.1 Å². The predicted octanol–water partition coefficient (Wildman–Crippen LogP) is 1.20. The Morgan fingerprint density at radius 2 is 2.37 bits per heavy atom. The van der Waals surface area contributed by atoms with Gasteiger partial charge in [-0.2, -0.15) is 16.7 Å². The topological polar surface area (TPSA) is 76.7 Å². The van der Waals surface area contributed by atoms with Gasteiger partial charge < -0.3 is 9.84 Å². The standard InChI is InChI=1S/C11H13N5OS.ClH/c1-2-14-9(6-12-1)11-15-10(17-16-11)5-8-7-18-4-3-13-8;/h1-2,6,8,13H,3-5,7H2;1H. The molecule has 1 aliphatic heterocycles. The Bertz CT molecular complexity index is 503. The Morgan fingerprint density at radius 3 is 3.11 bits per heavy atom. The lowest BCUT2D eigenvalue weighted by Gasteiger charge is -2.21. The van der Waals surface area contributed by atoms with Gasteiger partial charge in [-0.25, -0.2) is 4.98 Å². The molecule has 6 nitrogen and oxygen atoms in total. The van der Waals surface area contributed by atoms with Gasteiger partial charge in [0.1, 0.15) is 5.69 Å². The second kappa shape index (κ2) is 6.83. The van der Waals surface area contributed by atoms with Gasteiger partial charge in [-0.3, -0.25) is 4.98 Å². The average molecular weight is 300 g/mol. The minimum Gasteiger partial charge on any atom is -0.339 e. The largest absolute Gasteiger partial charge is 0.339 e. The molecule has 0 aromatic carbocycles. The molecule has 3 heterocycles. The van der Waals surface area contributed by atoms with Gasteiger partial charge in [0.2, 0.25) is 11.7 Å². The second-order valence-electron chi connectivity index (χ2n) is 4.03. The van der Waals surface area contributed by atoms with Crippen molar-refractivity contribution in [2.75, 3.05) is 18.1 Å². The van der Waals surface area contributed by atoms with Crippen LogP contribution >= 0.6 is 24.2 Å². The molecule has 1 saturated heterocycles. The lowest BCUT2D eigenvalue weighted by atomic mass is 10.2. The molecule has 1 aliphatic rings. The highest BCUT2D eigenvalue weighted by Gasteiger charge is 2.17. The third kappa shape index (κ3) is 3.65. The Labute approximate surface area is 121 Å². The van der Waals surface area contributed by atoms with Crippen molar-refractivity contribution in [1.29, 1.82) is 0 Å². The fraction of sp³-hybridized carbons (Fsp3) is 0.455. The highest BCUT2D eigenvalue weighted by Crippen LogP contribution is 2.14. The smallest absolute Gasteiger partial charge is 0.228 e. The van der Waals surface area contributed by atoms with Crippen LogP contribution in [-0.4, -0.2) is 44.2 Å². The summed E-state index contributed by atoms with van der Waals surface area (Å²) in [5, 5.41) is 7.37. The van der Waals surface area contributed by atoms with E-state index in [1.54, 1.807) is 18.6 Å². The molecule has 0 bridgehead atoms. The zero-order chi connectivity index (χ0) is 12.2. The van der Waals surface area contributed by atoms with Crippen molar-refractivity contribution in [2.45, 2.75) is 12.5 Å². The number of aromatic nitrogens is 4. The number of nitrogens with one attached hydrogen (secondary N) is 1. The number of rotatable bonds is 3. The predicted molar refractivity (Wildman–Crippen MR) is 75.4 cm³/mol. The summed E-state index contributed by atoms with van der Waals surface area (Å²) in [6.07, 6.45) is 5.63. The molecule has 0 aliphatic carbocycles. The molecule has 0 spiro atoms. The molecule has 1 N–H and O–H groups in total. The van der Waals surface area contributed by atoms with E-state index < -0.39 is 0 Å². The van der Waals surface area contributed by atoms with Crippen molar-refractivity contribution in [1.82, 2.24) is 25.4 Å². The zero-order valence-corrected chi connectivity index (χ0v) is 11.8.